The van der Waals surface area contributed by atoms with Crippen LogP contribution < -0.4 is 4.72 Å². The SMILES string of the molecule is CC.CS(=O)(=O)NC1CCCCC1. The van der Waals surface area contributed by atoms with Crippen molar-refractivity contribution in [2.24, 2.45) is 0 Å². The minimum Gasteiger partial charge on any atom is -0.213 e. The third-order valence-electron chi connectivity index (χ3n) is 1.99. The van der Waals surface area contributed by atoms with Crippen molar-refractivity contribution in [2.75, 3.05) is 6.26 Å². The number of sulfonamides is 1. The summed E-state index contributed by atoms with van der Waals surface area (Å²) in [6.45, 7) is 4.00. The summed E-state index contributed by atoms with van der Waals surface area (Å²) in [5, 5.41) is 0. The summed E-state index contributed by atoms with van der Waals surface area (Å²) in [4.78, 5) is 0. The van der Waals surface area contributed by atoms with E-state index in [2.05, 4.69) is 4.72 Å². The molecule has 0 bridgehead atoms. The van der Waals surface area contributed by atoms with Gasteiger partial charge in [0.15, 0.2) is 0 Å². The van der Waals surface area contributed by atoms with E-state index in [0.717, 1.165) is 25.7 Å². The van der Waals surface area contributed by atoms with Crippen LogP contribution in [-0.2, 0) is 10.0 Å². The Morgan fingerprint density at radius 2 is 1.54 bits per heavy atom. The largest absolute Gasteiger partial charge is 0.213 e. The number of hydrogen-bond acceptors (Lipinski definition) is 2. The summed E-state index contributed by atoms with van der Waals surface area (Å²) in [6, 6.07) is 0.207. The van der Waals surface area contributed by atoms with Gasteiger partial charge in [0.25, 0.3) is 0 Å². The molecule has 0 aromatic rings. The van der Waals surface area contributed by atoms with Crippen molar-refractivity contribution < 1.29 is 8.42 Å². The van der Waals surface area contributed by atoms with Crippen LogP contribution in [0.15, 0.2) is 0 Å². The van der Waals surface area contributed by atoms with Crippen molar-refractivity contribution in [3.8, 4) is 0 Å². The molecule has 1 N–H and O–H groups in total. The van der Waals surface area contributed by atoms with Crippen LogP contribution in [0.4, 0.5) is 0 Å². The molecule has 4 heteroatoms. The van der Waals surface area contributed by atoms with Gasteiger partial charge in [0.2, 0.25) is 10.0 Å². The molecule has 0 aliphatic heterocycles. The Kier molecular flexibility index (Phi) is 6.33. The summed E-state index contributed by atoms with van der Waals surface area (Å²) in [5.41, 5.74) is 0. The number of hydrogen-bond donors (Lipinski definition) is 1. The molecule has 1 fully saturated rings. The van der Waals surface area contributed by atoms with Gasteiger partial charge in [0, 0.05) is 6.04 Å². The molecule has 0 aromatic carbocycles. The molecular weight excluding hydrogens is 186 g/mol. The average molecular weight is 207 g/mol. The van der Waals surface area contributed by atoms with E-state index in [1.54, 1.807) is 0 Å². The fraction of sp³-hybridized carbons (Fsp3) is 1.00. The molecule has 0 unspecified atom stereocenters. The predicted octanol–water partition coefficient (Wildman–Crippen LogP) is 1.89. The third-order valence-corrected chi connectivity index (χ3v) is 2.75. The molecule has 0 atom stereocenters. The lowest BCUT2D eigenvalue weighted by molar-refractivity contribution is 0.413. The van der Waals surface area contributed by atoms with Crippen LogP contribution in [0.1, 0.15) is 46.0 Å². The zero-order valence-corrected chi connectivity index (χ0v) is 9.65. The van der Waals surface area contributed by atoms with E-state index >= 15 is 0 Å². The van der Waals surface area contributed by atoms with E-state index in [1.807, 2.05) is 13.8 Å². The van der Waals surface area contributed by atoms with Gasteiger partial charge in [-0.3, -0.25) is 0 Å². The maximum Gasteiger partial charge on any atom is 0.208 e. The lowest BCUT2D eigenvalue weighted by atomic mass is 9.96. The Balaban J connectivity index is 0.000000671. The second-order valence-corrected chi connectivity index (χ2v) is 5.00. The number of rotatable bonds is 2. The molecule has 0 radical (unpaired) electrons. The molecule has 0 saturated heterocycles. The van der Waals surface area contributed by atoms with Crippen LogP contribution in [-0.4, -0.2) is 20.7 Å². The van der Waals surface area contributed by atoms with Crippen LogP contribution in [0, 0.1) is 0 Å². The summed E-state index contributed by atoms with van der Waals surface area (Å²) < 4.78 is 24.2. The van der Waals surface area contributed by atoms with Gasteiger partial charge in [-0.2, -0.15) is 0 Å². The Morgan fingerprint density at radius 3 is 1.92 bits per heavy atom. The second kappa shape index (κ2) is 6.38. The van der Waals surface area contributed by atoms with E-state index in [4.69, 9.17) is 0 Å². The maximum absolute atomic E-state index is 10.8. The Hall–Kier alpha value is -0.0900. The summed E-state index contributed by atoms with van der Waals surface area (Å²) in [7, 11) is -2.97. The quantitative estimate of drug-likeness (QED) is 0.751. The smallest absolute Gasteiger partial charge is 0.208 e. The van der Waals surface area contributed by atoms with Gasteiger partial charge in [-0.25, -0.2) is 13.1 Å². The second-order valence-electron chi connectivity index (χ2n) is 3.22. The predicted molar refractivity (Wildman–Crippen MR) is 56.2 cm³/mol. The third kappa shape index (κ3) is 7.02. The summed E-state index contributed by atoms with van der Waals surface area (Å²) in [6.07, 6.45) is 6.81. The van der Waals surface area contributed by atoms with Gasteiger partial charge in [-0.15, -0.1) is 0 Å². The Morgan fingerprint density at radius 1 is 1.08 bits per heavy atom. The van der Waals surface area contributed by atoms with Crippen molar-refractivity contribution in [2.45, 2.75) is 52.0 Å². The first-order valence-electron chi connectivity index (χ1n) is 5.05. The van der Waals surface area contributed by atoms with Gasteiger partial charge in [-0.05, 0) is 12.8 Å². The first-order valence-corrected chi connectivity index (χ1v) is 6.94. The van der Waals surface area contributed by atoms with E-state index < -0.39 is 10.0 Å². The molecule has 1 rings (SSSR count). The maximum atomic E-state index is 10.8. The van der Waals surface area contributed by atoms with Crippen LogP contribution in [0.3, 0.4) is 0 Å². The van der Waals surface area contributed by atoms with E-state index in [-0.39, 0.29) is 6.04 Å². The standard InChI is InChI=1S/C7H15NO2S.C2H6/c1-11(9,10)8-7-5-3-2-4-6-7;1-2/h7-8H,2-6H2,1H3;1-2H3. The highest BCUT2D eigenvalue weighted by Gasteiger charge is 2.16. The zero-order valence-electron chi connectivity index (χ0n) is 8.84. The van der Waals surface area contributed by atoms with Gasteiger partial charge < -0.3 is 0 Å². The molecule has 1 aliphatic rings. The fourth-order valence-electron chi connectivity index (χ4n) is 1.52. The molecule has 13 heavy (non-hydrogen) atoms. The van der Waals surface area contributed by atoms with Crippen LogP contribution >= 0.6 is 0 Å². The van der Waals surface area contributed by atoms with E-state index in [1.165, 1.54) is 12.7 Å². The lowest BCUT2D eigenvalue weighted by Gasteiger charge is -2.21. The highest BCUT2D eigenvalue weighted by atomic mass is 32.2. The number of nitrogens with one attached hydrogen (secondary N) is 1. The zero-order chi connectivity index (χ0) is 10.3. The minimum atomic E-state index is -2.97. The molecule has 80 valence electrons. The molecular formula is C9H21NO2S. The van der Waals surface area contributed by atoms with Crippen molar-refractivity contribution in [1.82, 2.24) is 4.72 Å². The Bertz CT molecular complexity index is 206. The van der Waals surface area contributed by atoms with E-state index in [0.29, 0.717) is 0 Å². The highest BCUT2D eigenvalue weighted by molar-refractivity contribution is 7.88. The van der Waals surface area contributed by atoms with Crippen LogP contribution in [0.25, 0.3) is 0 Å². The first kappa shape index (κ1) is 12.9. The molecule has 1 saturated carbocycles. The molecule has 0 aromatic heterocycles. The molecule has 0 heterocycles. The lowest BCUT2D eigenvalue weighted by Crippen LogP contribution is -2.35. The average Bonchev–Trinajstić information content (AvgIpc) is 2.07. The monoisotopic (exact) mass is 207 g/mol. The summed E-state index contributed by atoms with van der Waals surface area (Å²) >= 11 is 0. The summed E-state index contributed by atoms with van der Waals surface area (Å²) in [5.74, 6) is 0. The fourth-order valence-corrected chi connectivity index (χ4v) is 2.36. The molecule has 1 aliphatic carbocycles. The van der Waals surface area contributed by atoms with Gasteiger partial charge in [0.05, 0.1) is 6.26 Å². The van der Waals surface area contributed by atoms with Crippen molar-refractivity contribution in [1.29, 1.82) is 0 Å². The van der Waals surface area contributed by atoms with Gasteiger partial charge in [-0.1, -0.05) is 33.1 Å². The molecule has 3 nitrogen and oxygen atoms in total. The minimum absolute atomic E-state index is 0.207. The van der Waals surface area contributed by atoms with Crippen molar-refractivity contribution in [3.05, 3.63) is 0 Å². The van der Waals surface area contributed by atoms with Crippen LogP contribution in [0.5, 0.6) is 0 Å². The van der Waals surface area contributed by atoms with E-state index in [9.17, 15) is 8.42 Å². The molecule has 0 spiro atoms. The van der Waals surface area contributed by atoms with Gasteiger partial charge in [0.1, 0.15) is 0 Å². The highest BCUT2D eigenvalue weighted by Crippen LogP contribution is 2.17. The van der Waals surface area contributed by atoms with Gasteiger partial charge >= 0.3 is 0 Å². The first-order chi connectivity index (χ1) is 6.08. The van der Waals surface area contributed by atoms with Crippen molar-refractivity contribution >= 4 is 10.0 Å². The topological polar surface area (TPSA) is 46.2 Å². The normalized spacial score (nSPS) is 19.0. The van der Waals surface area contributed by atoms with Crippen LogP contribution in [0.2, 0.25) is 0 Å². The van der Waals surface area contributed by atoms with Crippen molar-refractivity contribution in [3.63, 3.8) is 0 Å². The molecule has 0 amide bonds. The Labute approximate surface area is 82.0 Å².